The molecule has 0 heterocycles. The second kappa shape index (κ2) is 12.1. The zero-order chi connectivity index (χ0) is 24.8. The third-order valence-electron chi connectivity index (χ3n) is 4.98. The number of rotatable bonds is 9. The van der Waals surface area contributed by atoms with Crippen LogP contribution in [0.5, 0.6) is 5.75 Å². The fourth-order valence-corrected chi connectivity index (χ4v) is 4.17. The lowest BCUT2D eigenvalue weighted by molar-refractivity contribution is -0.143. The van der Waals surface area contributed by atoms with Crippen LogP contribution in [-0.4, -0.2) is 34.9 Å². The Morgan fingerprint density at radius 2 is 1.73 bits per heavy atom. The summed E-state index contributed by atoms with van der Waals surface area (Å²) in [6, 6.07) is 10.3. The summed E-state index contributed by atoms with van der Waals surface area (Å²) < 4.78 is 6.60. The summed E-state index contributed by atoms with van der Waals surface area (Å²) in [5, 5.41) is 3.80. The van der Waals surface area contributed by atoms with E-state index in [9.17, 15) is 9.59 Å². The molecule has 0 radical (unpaired) electrons. The van der Waals surface area contributed by atoms with Gasteiger partial charge in [0.25, 0.3) is 5.91 Å². The molecule has 0 unspecified atom stereocenters. The summed E-state index contributed by atoms with van der Waals surface area (Å²) in [4.78, 5) is 27.9. The zero-order valence-corrected chi connectivity index (χ0v) is 22.8. The van der Waals surface area contributed by atoms with Crippen molar-refractivity contribution in [1.82, 2.24) is 10.2 Å². The fraction of sp³-hybridized carbons (Fsp3) is 0.440. The maximum Gasteiger partial charge on any atom is 0.261 e. The number of ether oxygens (including phenoxy) is 1. The van der Waals surface area contributed by atoms with Crippen molar-refractivity contribution in [3.05, 3.63) is 62.0 Å². The van der Waals surface area contributed by atoms with Gasteiger partial charge < -0.3 is 15.0 Å². The monoisotopic (exact) mass is 556 g/mol. The van der Waals surface area contributed by atoms with E-state index in [1.165, 1.54) is 4.90 Å². The SMILES string of the molecule is CCc1ccc(OCC(=O)N(Cc2ccc(Cl)c(Cl)c2)[C@@H](CC)C(=O)NC(C)(C)C)c(Br)c1. The van der Waals surface area contributed by atoms with E-state index >= 15 is 0 Å². The van der Waals surface area contributed by atoms with Crippen LogP contribution in [0.1, 0.15) is 52.2 Å². The number of nitrogens with zero attached hydrogens (tertiary/aromatic N) is 1. The minimum absolute atomic E-state index is 0.199. The van der Waals surface area contributed by atoms with Gasteiger partial charge in [0.1, 0.15) is 11.8 Å². The van der Waals surface area contributed by atoms with Crippen molar-refractivity contribution >= 4 is 50.9 Å². The molecule has 1 N–H and O–H groups in total. The van der Waals surface area contributed by atoms with E-state index in [4.69, 9.17) is 27.9 Å². The first-order valence-electron chi connectivity index (χ1n) is 10.9. The van der Waals surface area contributed by atoms with Gasteiger partial charge in [0.05, 0.1) is 14.5 Å². The molecule has 2 amide bonds. The molecule has 5 nitrogen and oxygen atoms in total. The largest absolute Gasteiger partial charge is 0.483 e. The van der Waals surface area contributed by atoms with Gasteiger partial charge in [0, 0.05) is 12.1 Å². The molecule has 0 saturated carbocycles. The summed E-state index contributed by atoms with van der Waals surface area (Å²) in [7, 11) is 0. The van der Waals surface area contributed by atoms with Crippen LogP contribution >= 0.6 is 39.1 Å². The van der Waals surface area contributed by atoms with E-state index < -0.39 is 11.6 Å². The zero-order valence-electron chi connectivity index (χ0n) is 19.7. The lowest BCUT2D eigenvalue weighted by Crippen LogP contribution is -2.54. The van der Waals surface area contributed by atoms with Gasteiger partial charge in [0.15, 0.2) is 6.61 Å². The lowest BCUT2D eigenvalue weighted by atomic mass is 10.1. The summed E-state index contributed by atoms with van der Waals surface area (Å²) in [5.41, 5.74) is 1.51. The normalized spacial score (nSPS) is 12.2. The molecule has 0 bridgehead atoms. The molecule has 8 heteroatoms. The standard InChI is InChI=1S/C25H31BrCl2N2O3/c1-6-16-9-11-22(18(26)12-16)33-15-23(31)30(14-17-8-10-19(27)20(28)13-17)21(7-2)24(32)29-25(3,4)5/h8-13,21H,6-7,14-15H2,1-5H3,(H,29,32)/t21-/m0/s1. The highest BCUT2D eigenvalue weighted by Gasteiger charge is 2.31. The fourth-order valence-electron chi connectivity index (χ4n) is 3.31. The van der Waals surface area contributed by atoms with Crippen LogP contribution in [0.3, 0.4) is 0 Å². The number of benzene rings is 2. The highest BCUT2D eigenvalue weighted by molar-refractivity contribution is 9.10. The van der Waals surface area contributed by atoms with Crippen molar-refractivity contribution in [3.8, 4) is 5.75 Å². The first kappa shape index (κ1) is 27.5. The molecule has 2 aromatic carbocycles. The molecule has 0 fully saturated rings. The molecule has 180 valence electrons. The minimum atomic E-state index is -0.666. The Bertz CT molecular complexity index is 992. The van der Waals surface area contributed by atoms with Crippen molar-refractivity contribution in [3.63, 3.8) is 0 Å². The molecule has 0 saturated heterocycles. The van der Waals surface area contributed by atoms with Crippen molar-refractivity contribution in [2.24, 2.45) is 0 Å². The maximum atomic E-state index is 13.3. The average molecular weight is 558 g/mol. The summed E-state index contributed by atoms with van der Waals surface area (Å²) >= 11 is 15.7. The van der Waals surface area contributed by atoms with Crippen LogP contribution in [0, 0.1) is 0 Å². The van der Waals surface area contributed by atoms with Crippen LogP contribution in [0.25, 0.3) is 0 Å². The van der Waals surface area contributed by atoms with Crippen LogP contribution in [0.4, 0.5) is 0 Å². The van der Waals surface area contributed by atoms with Gasteiger partial charge in [0.2, 0.25) is 5.91 Å². The Kier molecular flexibility index (Phi) is 10.1. The minimum Gasteiger partial charge on any atom is -0.483 e. The molecule has 0 aliphatic heterocycles. The molecule has 0 aliphatic rings. The quantitative estimate of drug-likeness (QED) is 0.387. The second-order valence-corrected chi connectivity index (χ2v) is 10.5. The number of carbonyl (C=O) groups is 2. The van der Waals surface area contributed by atoms with Crippen LogP contribution in [0.15, 0.2) is 40.9 Å². The number of hydrogen-bond donors (Lipinski definition) is 1. The summed E-state index contributed by atoms with van der Waals surface area (Å²) in [6.45, 7) is 9.66. The molecule has 33 heavy (non-hydrogen) atoms. The van der Waals surface area contributed by atoms with Crippen molar-refractivity contribution in [2.75, 3.05) is 6.61 Å². The van der Waals surface area contributed by atoms with Gasteiger partial charge in [-0.3, -0.25) is 9.59 Å². The van der Waals surface area contributed by atoms with E-state index in [0.717, 1.165) is 22.0 Å². The summed E-state index contributed by atoms with van der Waals surface area (Å²) in [5.74, 6) is 0.0533. The Morgan fingerprint density at radius 1 is 1.06 bits per heavy atom. The van der Waals surface area contributed by atoms with Crippen molar-refractivity contribution in [1.29, 1.82) is 0 Å². The number of hydrogen-bond acceptors (Lipinski definition) is 3. The summed E-state index contributed by atoms with van der Waals surface area (Å²) in [6.07, 6.45) is 1.35. The maximum absolute atomic E-state index is 13.3. The van der Waals surface area contributed by atoms with Crippen LogP contribution in [0.2, 0.25) is 10.0 Å². The van der Waals surface area contributed by atoms with Gasteiger partial charge >= 0.3 is 0 Å². The molecule has 2 rings (SSSR count). The third-order valence-corrected chi connectivity index (χ3v) is 6.34. The van der Waals surface area contributed by atoms with Crippen LogP contribution in [-0.2, 0) is 22.6 Å². The highest BCUT2D eigenvalue weighted by Crippen LogP contribution is 2.27. The number of carbonyl (C=O) groups excluding carboxylic acids is 2. The molecule has 0 spiro atoms. The second-order valence-electron chi connectivity index (χ2n) is 8.84. The highest BCUT2D eigenvalue weighted by atomic mass is 79.9. The number of aryl methyl sites for hydroxylation is 1. The molecular weight excluding hydrogens is 527 g/mol. The first-order valence-corrected chi connectivity index (χ1v) is 12.5. The van der Waals surface area contributed by atoms with E-state index in [-0.39, 0.29) is 25.0 Å². The predicted molar refractivity (Wildman–Crippen MR) is 138 cm³/mol. The van der Waals surface area contributed by atoms with E-state index in [1.54, 1.807) is 18.2 Å². The lowest BCUT2D eigenvalue weighted by Gasteiger charge is -2.33. The van der Waals surface area contributed by atoms with Gasteiger partial charge in [-0.1, -0.05) is 49.2 Å². The van der Waals surface area contributed by atoms with Gasteiger partial charge in [-0.05, 0) is 84.9 Å². The smallest absolute Gasteiger partial charge is 0.261 e. The molecule has 0 aromatic heterocycles. The number of nitrogens with one attached hydrogen (secondary N) is 1. The molecular formula is C25H31BrCl2N2O3. The Morgan fingerprint density at radius 3 is 2.27 bits per heavy atom. The Labute approximate surface area is 214 Å². The van der Waals surface area contributed by atoms with Crippen molar-refractivity contribution in [2.45, 2.75) is 65.6 Å². The average Bonchev–Trinajstić information content (AvgIpc) is 2.73. The number of halogens is 3. The Balaban J connectivity index is 2.28. The molecule has 0 aliphatic carbocycles. The van der Waals surface area contributed by atoms with Gasteiger partial charge in [-0.2, -0.15) is 0 Å². The predicted octanol–water partition coefficient (Wildman–Crippen LogP) is 6.42. The van der Waals surface area contributed by atoms with Gasteiger partial charge in [-0.15, -0.1) is 0 Å². The Hall–Kier alpha value is -1.76. The topological polar surface area (TPSA) is 58.6 Å². The molecule has 2 aromatic rings. The van der Waals surface area contributed by atoms with E-state index in [0.29, 0.717) is 22.2 Å². The van der Waals surface area contributed by atoms with Crippen LogP contribution < -0.4 is 10.1 Å². The van der Waals surface area contributed by atoms with E-state index in [2.05, 4.69) is 28.2 Å². The van der Waals surface area contributed by atoms with E-state index in [1.807, 2.05) is 45.9 Å². The first-order chi connectivity index (χ1) is 15.4. The van der Waals surface area contributed by atoms with Crippen molar-refractivity contribution < 1.29 is 14.3 Å². The molecule has 1 atom stereocenters. The number of amides is 2. The third kappa shape index (κ3) is 8.20. The van der Waals surface area contributed by atoms with Gasteiger partial charge in [-0.25, -0.2) is 0 Å².